The molecule has 1 aromatic heterocycles. The van der Waals surface area contributed by atoms with Crippen LogP contribution < -0.4 is 10.1 Å². The molecule has 5 nitrogen and oxygen atoms in total. The fourth-order valence-corrected chi connectivity index (χ4v) is 3.71. The molecule has 4 rings (SSSR count). The summed E-state index contributed by atoms with van der Waals surface area (Å²) in [5.74, 6) is -0.705. The maximum Gasteiger partial charge on any atom is 0.573 e. The molecule has 1 N–H and O–H groups in total. The molecule has 3 aromatic rings. The average molecular weight is 415 g/mol. The van der Waals surface area contributed by atoms with Crippen LogP contribution >= 0.6 is 0 Å². The van der Waals surface area contributed by atoms with Crippen LogP contribution in [0.4, 0.5) is 13.2 Å². The lowest BCUT2D eigenvalue weighted by Gasteiger charge is -2.24. The first-order valence-corrected chi connectivity index (χ1v) is 9.64. The minimum absolute atomic E-state index is 0.183. The number of hydrogen-bond acceptors (Lipinski definition) is 3. The first-order chi connectivity index (χ1) is 14.4. The second kappa shape index (κ2) is 8.22. The van der Waals surface area contributed by atoms with Gasteiger partial charge < -0.3 is 10.1 Å². The Labute approximate surface area is 171 Å². The van der Waals surface area contributed by atoms with E-state index in [-0.39, 0.29) is 23.3 Å². The molecular weight excluding hydrogens is 395 g/mol. The number of benzene rings is 2. The first-order valence-electron chi connectivity index (χ1n) is 9.64. The zero-order valence-electron chi connectivity index (χ0n) is 16.0. The first kappa shape index (κ1) is 20.0. The molecule has 156 valence electrons. The van der Waals surface area contributed by atoms with Crippen molar-refractivity contribution in [3.05, 3.63) is 83.2 Å². The zero-order valence-corrected chi connectivity index (χ0v) is 16.0. The smallest absolute Gasteiger partial charge is 0.406 e. The van der Waals surface area contributed by atoms with E-state index < -0.39 is 6.36 Å². The minimum Gasteiger partial charge on any atom is -0.406 e. The summed E-state index contributed by atoms with van der Waals surface area (Å²) in [5.41, 5.74) is 3.51. The molecule has 8 heteroatoms. The molecule has 1 heterocycles. The highest BCUT2D eigenvalue weighted by atomic mass is 19.4. The van der Waals surface area contributed by atoms with Crippen LogP contribution in [-0.4, -0.2) is 22.1 Å². The van der Waals surface area contributed by atoms with Crippen molar-refractivity contribution >= 4 is 5.91 Å². The number of nitrogens with one attached hydrogen (secondary N) is 1. The Kier molecular flexibility index (Phi) is 5.48. The van der Waals surface area contributed by atoms with E-state index in [0.717, 1.165) is 48.2 Å². The lowest BCUT2D eigenvalue weighted by molar-refractivity contribution is -0.274. The number of ether oxygens (including phenoxy) is 1. The predicted octanol–water partition coefficient (Wildman–Crippen LogP) is 4.64. The molecule has 0 fully saturated rings. The van der Waals surface area contributed by atoms with E-state index in [4.69, 9.17) is 0 Å². The summed E-state index contributed by atoms with van der Waals surface area (Å²) in [6.45, 7) is 0.664. The van der Waals surface area contributed by atoms with Crippen LogP contribution in [0, 0.1) is 0 Å². The van der Waals surface area contributed by atoms with Gasteiger partial charge in [-0.2, -0.15) is 5.10 Å². The van der Waals surface area contributed by atoms with Gasteiger partial charge in [-0.3, -0.25) is 9.48 Å². The van der Waals surface area contributed by atoms with Crippen LogP contribution in [0.2, 0.25) is 0 Å². The van der Waals surface area contributed by atoms with Gasteiger partial charge in [0.25, 0.3) is 5.91 Å². The van der Waals surface area contributed by atoms with Crippen LogP contribution in [0.1, 0.15) is 46.1 Å². The van der Waals surface area contributed by atoms with Crippen molar-refractivity contribution in [2.24, 2.45) is 0 Å². The number of alkyl halides is 3. The summed E-state index contributed by atoms with van der Waals surface area (Å²) in [7, 11) is 0. The Morgan fingerprint density at radius 3 is 2.57 bits per heavy atom. The summed E-state index contributed by atoms with van der Waals surface area (Å²) in [6.07, 6.45) is -0.384. The van der Waals surface area contributed by atoms with E-state index in [1.165, 1.54) is 12.1 Å². The van der Waals surface area contributed by atoms with E-state index in [1.807, 2.05) is 35.0 Å². The van der Waals surface area contributed by atoms with Gasteiger partial charge in [-0.25, -0.2) is 0 Å². The van der Waals surface area contributed by atoms with Gasteiger partial charge in [0.15, 0.2) is 0 Å². The molecule has 30 heavy (non-hydrogen) atoms. The summed E-state index contributed by atoms with van der Waals surface area (Å²) < 4.78 is 42.6. The molecule has 0 radical (unpaired) electrons. The molecule has 1 atom stereocenters. The number of fused-ring (bicyclic) bond motifs is 1. The third kappa shape index (κ3) is 4.64. The van der Waals surface area contributed by atoms with Gasteiger partial charge in [-0.15, -0.1) is 13.2 Å². The topological polar surface area (TPSA) is 56.2 Å². The van der Waals surface area contributed by atoms with Crippen LogP contribution in [0.25, 0.3) is 0 Å². The number of amides is 1. The molecule has 0 bridgehead atoms. The van der Waals surface area contributed by atoms with E-state index in [2.05, 4.69) is 15.2 Å². The van der Waals surface area contributed by atoms with Gasteiger partial charge in [0.1, 0.15) is 5.75 Å². The molecule has 0 aliphatic heterocycles. The standard InChI is InChI=1S/C22H20F3N3O2/c23-22(24,25)30-17-11-9-16(10-12-17)21(29)27-19-7-4-8-20-18(19)13-26-28(20)14-15-5-2-1-3-6-15/h1-3,5-6,9-13,19H,4,7-8,14H2,(H,27,29). The second-order valence-corrected chi connectivity index (χ2v) is 7.18. The monoisotopic (exact) mass is 415 g/mol. The van der Waals surface area contributed by atoms with E-state index in [9.17, 15) is 18.0 Å². The minimum atomic E-state index is -4.76. The quantitative estimate of drug-likeness (QED) is 0.661. The van der Waals surface area contributed by atoms with Gasteiger partial charge >= 0.3 is 6.36 Å². The zero-order chi connectivity index (χ0) is 21.1. The van der Waals surface area contributed by atoms with E-state index in [1.54, 1.807) is 6.20 Å². The predicted molar refractivity (Wildman–Crippen MR) is 104 cm³/mol. The van der Waals surface area contributed by atoms with E-state index >= 15 is 0 Å². The van der Waals surface area contributed by atoms with Crippen molar-refractivity contribution in [1.82, 2.24) is 15.1 Å². The summed E-state index contributed by atoms with van der Waals surface area (Å²) >= 11 is 0. The molecule has 0 spiro atoms. The average Bonchev–Trinajstić information content (AvgIpc) is 3.12. The third-order valence-corrected chi connectivity index (χ3v) is 5.09. The van der Waals surface area contributed by atoms with Gasteiger partial charge in [-0.1, -0.05) is 30.3 Å². The summed E-state index contributed by atoms with van der Waals surface area (Å²) in [4.78, 5) is 12.6. The van der Waals surface area contributed by atoms with Crippen molar-refractivity contribution < 1.29 is 22.7 Å². The lowest BCUT2D eigenvalue weighted by Crippen LogP contribution is -2.31. The SMILES string of the molecule is O=C(NC1CCCc2c1cnn2Cc1ccccc1)c1ccc(OC(F)(F)F)cc1. The molecule has 1 aliphatic rings. The van der Waals surface area contributed by atoms with Gasteiger partial charge in [0.2, 0.25) is 0 Å². The molecule has 1 unspecified atom stereocenters. The molecule has 2 aromatic carbocycles. The Bertz CT molecular complexity index is 1010. The number of hydrogen-bond donors (Lipinski definition) is 1. The van der Waals surface area contributed by atoms with Crippen LogP contribution in [0.5, 0.6) is 5.75 Å². The number of carbonyl (C=O) groups is 1. The van der Waals surface area contributed by atoms with Gasteiger partial charge in [0, 0.05) is 16.8 Å². The third-order valence-electron chi connectivity index (χ3n) is 5.09. The molecule has 0 saturated heterocycles. The highest BCUT2D eigenvalue weighted by molar-refractivity contribution is 5.94. The van der Waals surface area contributed by atoms with Crippen molar-refractivity contribution in [3.63, 3.8) is 0 Å². The van der Waals surface area contributed by atoms with Crippen LogP contribution in [0.3, 0.4) is 0 Å². The number of carbonyl (C=O) groups excluding carboxylic acids is 1. The largest absolute Gasteiger partial charge is 0.573 e. The molecule has 1 aliphatic carbocycles. The number of aromatic nitrogens is 2. The Balaban J connectivity index is 1.45. The Morgan fingerprint density at radius 2 is 1.87 bits per heavy atom. The van der Waals surface area contributed by atoms with Crippen LogP contribution in [0.15, 0.2) is 60.8 Å². The highest BCUT2D eigenvalue weighted by Crippen LogP contribution is 2.30. The van der Waals surface area contributed by atoms with Crippen molar-refractivity contribution in [2.45, 2.75) is 38.2 Å². The number of halogens is 3. The van der Waals surface area contributed by atoms with E-state index in [0.29, 0.717) is 6.54 Å². The van der Waals surface area contributed by atoms with Crippen LogP contribution in [-0.2, 0) is 13.0 Å². The summed E-state index contributed by atoms with van der Waals surface area (Å²) in [6, 6.07) is 14.7. The normalized spacial score (nSPS) is 16.0. The Morgan fingerprint density at radius 1 is 1.13 bits per heavy atom. The maximum atomic E-state index is 12.6. The van der Waals surface area contributed by atoms with Gasteiger partial charge in [0.05, 0.1) is 18.8 Å². The maximum absolute atomic E-state index is 12.6. The summed E-state index contributed by atoms with van der Waals surface area (Å²) in [5, 5.41) is 7.49. The number of nitrogens with zero attached hydrogens (tertiary/aromatic N) is 2. The molecule has 0 saturated carbocycles. The number of rotatable bonds is 5. The highest BCUT2D eigenvalue weighted by Gasteiger charge is 2.31. The molecule has 1 amide bonds. The fourth-order valence-electron chi connectivity index (χ4n) is 3.71. The van der Waals surface area contributed by atoms with Crippen molar-refractivity contribution in [1.29, 1.82) is 0 Å². The van der Waals surface area contributed by atoms with Crippen molar-refractivity contribution in [2.75, 3.05) is 0 Å². The fraction of sp³-hybridized carbons (Fsp3) is 0.273. The second-order valence-electron chi connectivity index (χ2n) is 7.18. The van der Waals surface area contributed by atoms with Crippen molar-refractivity contribution in [3.8, 4) is 5.75 Å². The van der Waals surface area contributed by atoms with Gasteiger partial charge in [-0.05, 0) is 49.1 Å². The Hall–Kier alpha value is -3.29. The molecular formula is C22H20F3N3O2. The lowest BCUT2D eigenvalue weighted by atomic mass is 9.92.